The second-order valence-electron chi connectivity index (χ2n) is 6.79. The van der Waals surface area contributed by atoms with Crippen molar-refractivity contribution in [1.29, 1.82) is 0 Å². The standard InChI is InChI=1S/C18H21ClN2O3S/c1-12-5-8-14(19)11-16(12)21-25(23,24)15-9-6-13(7-10-15)17(22)20-18(2,3)4/h5-11,21H,1-4H3,(H,20,22). The summed E-state index contributed by atoms with van der Waals surface area (Å²) in [5.41, 5.74) is 1.21. The Morgan fingerprint density at radius 2 is 1.64 bits per heavy atom. The molecule has 0 aromatic heterocycles. The van der Waals surface area contributed by atoms with E-state index < -0.39 is 10.0 Å². The van der Waals surface area contributed by atoms with Gasteiger partial charge in [-0.25, -0.2) is 8.42 Å². The van der Waals surface area contributed by atoms with E-state index in [0.29, 0.717) is 16.3 Å². The molecule has 0 bridgehead atoms. The number of hydrogen-bond donors (Lipinski definition) is 2. The SMILES string of the molecule is Cc1ccc(Cl)cc1NS(=O)(=O)c1ccc(C(=O)NC(C)(C)C)cc1. The van der Waals surface area contributed by atoms with Gasteiger partial charge in [-0.1, -0.05) is 17.7 Å². The van der Waals surface area contributed by atoms with Crippen LogP contribution in [0.1, 0.15) is 36.7 Å². The molecule has 0 spiro atoms. The molecule has 0 unspecified atom stereocenters. The Kier molecular flexibility index (Phi) is 5.44. The minimum atomic E-state index is -3.77. The first-order chi connectivity index (χ1) is 11.5. The molecule has 7 heteroatoms. The minimum Gasteiger partial charge on any atom is -0.347 e. The molecule has 134 valence electrons. The summed E-state index contributed by atoms with van der Waals surface area (Å²) in [6, 6.07) is 10.8. The largest absolute Gasteiger partial charge is 0.347 e. The van der Waals surface area contributed by atoms with Crippen LogP contribution in [-0.4, -0.2) is 19.9 Å². The Hall–Kier alpha value is -2.05. The number of carbonyl (C=O) groups is 1. The molecule has 2 N–H and O–H groups in total. The number of carbonyl (C=O) groups excluding carboxylic acids is 1. The highest BCUT2D eigenvalue weighted by Crippen LogP contribution is 2.23. The van der Waals surface area contributed by atoms with Crippen molar-refractivity contribution in [3.05, 3.63) is 58.6 Å². The second kappa shape index (κ2) is 7.06. The Balaban J connectivity index is 2.23. The molecule has 0 aliphatic heterocycles. The van der Waals surface area contributed by atoms with Gasteiger partial charge < -0.3 is 5.32 Å². The first kappa shape index (κ1) is 19.3. The van der Waals surface area contributed by atoms with Gasteiger partial charge in [0.25, 0.3) is 15.9 Å². The van der Waals surface area contributed by atoms with Crippen LogP contribution < -0.4 is 10.0 Å². The van der Waals surface area contributed by atoms with Gasteiger partial charge >= 0.3 is 0 Å². The van der Waals surface area contributed by atoms with Crippen molar-refractivity contribution < 1.29 is 13.2 Å². The number of aryl methyl sites for hydroxylation is 1. The fraction of sp³-hybridized carbons (Fsp3) is 0.278. The van der Waals surface area contributed by atoms with Crippen molar-refractivity contribution in [1.82, 2.24) is 5.32 Å². The molecule has 0 saturated carbocycles. The van der Waals surface area contributed by atoms with Crippen LogP contribution in [0, 0.1) is 6.92 Å². The number of benzene rings is 2. The number of hydrogen-bond acceptors (Lipinski definition) is 3. The van der Waals surface area contributed by atoms with Gasteiger partial charge in [-0.3, -0.25) is 9.52 Å². The van der Waals surface area contributed by atoms with E-state index in [2.05, 4.69) is 10.0 Å². The van der Waals surface area contributed by atoms with E-state index in [1.165, 1.54) is 24.3 Å². The van der Waals surface area contributed by atoms with E-state index >= 15 is 0 Å². The normalized spacial score (nSPS) is 11.9. The lowest BCUT2D eigenvalue weighted by Crippen LogP contribution is -2.40. The van der Waals surface area contributed by atoms with Gasteiger partial charge in [0, 0.05) is 16.1 Å². The molecule has 2 aromatic rings. The van der Waals surface area contributed by atoms with Gasteiger partial charge in [-0.05, 0) is 69.7 Å². The lowest BCUT2D eigenvalue weighted by molar-refractivity contribution is 0.0919. The zero-order valence-electron chi connectivity index (χ0n) is 14.6. The van der Waals surface area contributed by atoms with Crippen LogP contribution in [-0.2, 0) is 10.0 Å². The predicted molar refractivity (Wildman–Crippen MR) is 101 cm³/mol. The fourth-order valence-corrected chi connectivity index (χ4v) is 3.40. The molecule has 0 fully saturated rings. The van der Waals surface area contributed by atoms with Crippen molar-refractivity contribution in [3.8, 4) is 0 Å². The molecular weight excluding hydrogens is 360 g/mol. The Labute approximate surface area is 153 Å². The maximum Gasteiger partial charge on any atom is 0.261 e. The summed E-state index contributed by atoms with van der Waals surface area (Å²) in [6.45, 7) is 7.41. The van der Waals surface area contributed by atoms with Crippen LogP contribution in [0.4, 0.5) is 5.69 Å². The van der Waals surface area contributed by atoms with Crippen molar-refractivity contribution in [2.75, 3.05) is 4.72 Å². The average molecular weight is 381 g/mol. The van der Waals surface area contributed by atoms with Gasteiger partial charge in [-0.15, -0.1) is 0 Å². The molecule has 0 aliphatic carbocycles. The maximum atomic E-state index is 12.5. The van der Waals surface area contributed by atoms with Gasteiger partial charge in [0.1, 0.15) is 0 Å². The topological polar surface area (TPSA) is 75.3 Å². The fourth-order valence-electron chi connectivity index (χ4n) is 2.11. The molecule has 0 radical (unpaired) electrons. The van der Waals surface area contributed by atoms with Gasteiger partial charge in [-0.2, -0.15) is 0 Å². The summed E-state index contributed by atoms with van der Waals surface area (Å²) in [4.78, 5) is 12.2. The molecule has 0 atom stereocenters. The summed E-state index contributed by atoms with van der Waals surface area (Å²) >= 11 is 5.92. The molecule has 5 nitrogen and oxygen atoms in total. The lowest BCUT2D eigenvalue weighted by atomic mass is 10.1. The first-order valence-electron chi connectivity index (χ1n) is 7.69. The third-order valence-electron chi connectivity index (χ3n) is 3.36. The van der Waals surface area contributed by atoms with Gasteiger partial charge in [0.15, 0.2) is 0 Å². The van der Waals surface area contributed by atoms with Gasteiger partial charge in [0.05, 0.1) is 10.6 Å². The summed E-state index contributed by atoms with van der Waals surface area (Å²) in [5.74, 6) is -0.255. The molecule has 2 aromatic carbocycles. The quantitative estimate of drug-likeness (QED) is 0.842. The van der Waals surface area contributed by atoms with Crippen LogP contribution in [0.15, 0.2) is 47.4 Å². The predicted octanol–water partition coefficient (Wildman–Crippen LogP) is 3.98. The lowest BCUT2D eigenvalue weighted by Gasteiger charge is -2.20. The summed E-state index contributed by atoms with van der Waals surface area (Å²) < 4.78 is 27.6. The Morgan fingerprint density at radius 1 is 1.04 bits per heavy atom. The Morgan fingerprint density at radius 3 is 2.20 bits per heavy atom. The first-order valence-corrected chi connectivity index (χ1v) is 9.56. The number of sulfonamides is 1. The van der Waals surface area contributed by atoms with Crippen LogP contribution in [0.5, 0.6) is 0 Å². The summed E-state index contributed by atoms with van der Waals surface area (Å²) in [7, 11) is -3.77. The third kappa shape index (κ3) is 5.21. The van der Waals surface area contributed by atoms with Crippen molar-refractivity contribution in [2.24, 2.45) is 0 Å². The molecule has 0 aliphatic rings. The molecular formula is C18H21ClN2O3S. The number of rotatable bonds is 4. The van der Waals surface area contributed by atoms with Crippen molar-refractivity contribution >= 4 is 33.2 Å². The van der Waals surface area contributed by atoms with E-state index in [1.54, 1.807) is 25.1 Å². The highest BCUT2D eigenvalue weighted by molar-refractivity contribution is 7.92. The Bertz CT molecular complexity index is 886. The van der Waals surface area contributed by atoms with E-state index in [0.717, 1.165) is 5.56 Å². The number of amides is 1. The smallest absolute Gasteiger partial charge is 0.261 e. The molecule has 25 heavy (non-hydrogen) atoms. The van der Waals surface area contributed by atoms with E-state index in [-0.39, 0.29) is 16.3 Å². The van der Waals surface area contributed by atoms with E-state index in [9.17, 15) is 13.2 Å². The molecule has 0 heterocycles. The minimum absolute atomic E-state index is 0.0687. The van der Waals surface area contributed by atoms with Crippen LogP contribution in [0.3, 0.4) is 0 Å². The third-order valence-corrected chi connectivity index (χ3v) is 4.98. The zero-order valence-corrected chi connectivity index (χ0v) is 16.1. The number of nitrogens with one attached hydrogen (secondary N) is 2. The zero-order chi connectivity index (χ0) is 18.8. The second-order valence-corrected chi connectivity index (χ2v) is 8.91. The molecule has 2 rings (SSSR count). The van der Waals surface area contributed by atoms with E-state index in [1.807, 2.05) is 20.8 Å². The summed E-state index contributed by atoms with van der Waals surface area (Å²) in [5, 5.41) is 3.27. The van der Waals surface area contributed by atoms with Crippen LogP contribution in [0.2, 0.25) is 5.02 Å². The molecule has 0 saturated heterocycles. The average Bonchev–Trinajstić information content (AvgIpc) is 2.49. The number of anilines is 1. The van der Waals surface area contributed by atoms with Crippen molar-refractivity contribution in [3.63, 3.8) is 0 Å². The van der Waals surface area contributed by atoms with E-state index in [4.69, 9.17) is 11.6 Å². The monoisotopic (exact) mass is 380 g/mol. The molecule has 1 amide bonds. The highest BCUT2D eigenvalue weighted by atomic mass is 35.5. The summed E-state index contributed by atoms with van der Waals surface area (Å²) in [6.07, 6.45) is 0. The highest BCUT2D eigenvalue weighted by Gasteiger charge is 2.18. The number of halogens is 1. The maximum absolute atomic E-state index is 12.5. The van der Waals surface area contributed by atoms with Crippen LogP contribution >= 0.6 is 11.6 Å². The van der Waals surface area contributed by atoms with Crippen molar-refractivity contribution in [2.45, 2.75) is 38.1 Å². The van der Waals surface area contributed by atoms with Gasteiger partial charge in [0.2, 0.25) is 0 Å². The van der Waals surface area contributed by atoms with Crippen LogP contribution in [0.25, 0.3) is 0 Å².